The highest BCUT2D eigenvalue weighted by atomic mass is 14.6. The first-order valence-electron chi connectivity index (χ1n) is 9.17. The van der Waals surface area contributed by atoms with E-state index in [1.54, 1.807) is 0 Å². The van der Waals surface area contributed by atoms with Gasteiger partial charge in [-0.05, 0) is 54.4 Å². The average molecular weight is 330 g/mol. The molecule has 0 heterocycles. The van der Waals surface area contributed by atoms with Gasteiger partial charge in [0.25, 0.3) is 0 Å². The van der Waals surface area contributed by atoms with Crippen molar-refractivity contribution in [2.75, 3.05) is 6.54 Å². The summed E-state index contributed by atoms with van der Waals surface area (Å²) in [6.45, 7) is 7.42. The van der Waals surface area contributed by atoms with Crippen LogP contribution in [0.2, 0.25) is 0 Å². The molecule has 0 bridgehead atoms. The fourth-order valence-corrected chi connectivity index (χ4v) is 2.97. The van der Waals surface area contributed by atoms with Crippen LogP contribution in [0.15, 0.2) is 48.5 Å². The maximum Gasteiger partial charge on any atom is 0.218 e. The molecule has 0 unspecified atom stereocenters. The van der Waals surface area contributed by atoms with Crippen LogP contribution in [0.4, 0.5) is 0 Å². The highest BCUT2D eigenvalue weighted by molar-refractivity contribution is 5.24. The summed E-state index contributed by atoms with van der Waals surface area (Å²) in [6, 6.07) is 19.6. The van der Waals surface area contributed by atoms with E-state index in [-0.39, 0.29) is 0 Å². The van der Waals surface area contributed by atoms with E-state index in [1.807, 2.05) is 0 Å². The molecule has 128 valence electrons. The zero-order chi connectivity index (χ0) is 17.7. The minimum absolute atomic E-state index is 0.582. The summed E-state index contributed by atoms with van der Waals surface area (Å²) in [6.07, 6.45) is 8.27. The summed E-state index contributed by atoms with van der Waals surface area (Å²) in [4.78, 5) is 3.40. The molecule has 0 aliphatic carbocycles. The van der Waals surface area contributed by atoms with Gasteiger partial charge >= 0.3 is 0 Å². The van der Waals surface area contributed by atoms with Gasteiger partial charge in [0, 0.05) is 12.8 Å². The molecule has 0 N–H and O–H groups in total. The fourth-order valence-electron chi connectivity index (χ4n) is 2.97. The van der Waals surface area contributed by atoms with Gasteiger partial charge in [0.15, 0.2) is 0 Å². The molecular formula is C23H26N2. The van der Waals surface area contributed by atoms with Crippen LogP contribution in [0, 0.1) is 17.9 Å². The van der Waals surface area contributed by atoms with Gasteiger partial charge in [-0.3, -0.25) is 0 Å². The Morgan fingerprint density at radius 1 is 0.680 bits per heavy atom. The van der Waals surface area contributed by atoms with Gasteiger partial charge in [-0.1, -0.05) is 55.0 Å². The standard InChI is InChI=1S/C23H26N2/c1-25-19-17-23-15-13-21(14-16-23)7-4-2-3-6-20-9-11-22(12-10-20)8-5-18-24/h9-16H,2-8,17,19H2. The summed E-state index contributed by atoms with van der Waals surface area (Å²) in [5.41, 5.74) is 5.31. The number of benzene rings is 2. The summed E-state index contributed by atoms with van der Waals surface area (Å²) >= 11 is 0. The molecule has 0 amide bonds. The second-order valence-electron chi connectivity index (χ2n) is 6.48. The SMILES string of the molecule is [C-]#[N+]CCc1ccc(CCCCCc2ccc(CCC#N)cc2)cc1. The van der Waals surface area contributed by atoms with E-state index in [0.29, 0.717) is 13.0 Å². The maximum absolute atomic E-state index is 8.62. The van der Waals surface area contributed by atoms with Gasteiger partial charge in [-0.25, -0.2) is 6.57 Å². The smallest absolute Gasteiger partial charge is 0.218 e. The summed E-state index contributed by atoms with van der Waals surface area (Å²) in [7, 11) is 0. The quantitative estimate of drug-likeness (QED) is 0.414. The lowest BCUT2D eigenvalue weighted by molar-refractivity contribution is 0.678. The predicted molar refractivity (Wildman–Crippen MR) is 103 cm³/mol. The zero-order valence-electron chi connectivity index (χ0n) is 14.9. The molecule has 0 radical (unpaired) electrons. The van der Waals surface area contributed by atoms with Crippen molar-refractivity contribution < 1.29 is 0 Å². The average Bonchev–Trinajstić information content (AvgIpc) is 2.66. The normalized spacial score (nSPS) is 10.2. The Morgan fingerprint density at radius 2 is 1.12 bits per heavy atom. The van der Waals surface area contributed by atoms with Crippen LogP contribution in [-0.2, 0) is 25.7 Å². The molecule has 2 nitrogen and oxygen atoms in total. The molecule has 2 rings (SSSR count). The van der Waals surface area contributed by atoms with Gasteiger partial charge in [0.1, 0.15) is 0 Å². The lowest BCUT2D eigenvalue weighted by Gasteiger charge is -2.05. The third-order valence-electron chi connectivity index (χ3n) is 4.51. The first-order chi connectivity index (χ1) is 12.3. The van der Waals surface area contributed by atoms with Crippen molar-refractivity contribution in [1.82, 2.24) is 0 Å². The highest BCUT2D eigenvalue weighted by Crippen LogP contribution is 2.13. The number of unbranched alkanes of at least 4 members (excludes halogenated alkanes) is 2. The number of hydrogen-bond donors (Lipinski definition) is 0. The molecule has 2 heteroatoms. The minimum atomic E-state index is 0.582. The summed E-state index contributed by atoms with van der Waals surface area (Å²) in [5.74, 6) is 0. The second-order valence-corrected chi connectivity index (χ2v) is 6.48. The molecule has 0 spiro atoms. The van der Waals surface area contributed by atoms with Crippen molar-refractivity contribution in [1.29, 1.82) is 5.26 Å². The first-order valence-corrected chi connectivity index (χ1v) is 9.17. The Balaban J connectivity index is 1.63. The van der Waals surface area contributed by atoms with Crippen LogP contribution in [-0.4, -0.2) is 6.54 Å². The van der Waals surface area contributed by atoms with E-state index >= 15 is 0 Å². The Hall–Kier alpha value is -2.58. The third kappa shape index (κ3) is 7.23. The zero-order valence-corrected chi connectivity index (χ0v) is 14.9. The number of rotatable bonds is 10. The van der Waals surface area contributed by atoms with Crippen LogP contribution in [0.5, 0.6) is 0 Å². The van der Waals surface area contributed by atoms with Crippen molar-refractivity contribution in [2.24, 2.45) is 0 Å². The van der Waals surface area contributed by atoms with E-state index in [2.05, 4.69) is 59.4 Å². The fraction of sp³-hybridized carbons (Fsp3) is 0.391. The van der Waals surface area contributed by atoms with Crippen LogP contribution >= 0.6 is 0 Å². The van der Waals surface area contributed by atoms with Gasteiger partial charge in [-0.2, -0.15) is 5.26 Å². The molecule has 0 aliphatic rings. The molecule has 0 aromatic heterocycles. The maximum atomic E-state index is 8.62. The Bertz CT molecular complexity index is 636. The minimum Gasteiger partial charge on any atom is -0.317 e. The van der Waals surface area contributed by atoms with Crippen molar-refractivity contribution in [3.05, 3.63) is 82.2 Å². The van der Waals surface area contributed by atoms with Crippen molar-refractivity contribution in [3.63, 3.8) is 0 Å². The van der Waals surface area contributed by atoms with E-state index < -0.39 is 0 Å². The summed E-state index contributed by atoms with van der Waals surface area (Å²) in [5, 5.41) is 8.62. The predicted octanol–water partition coefficient (Wildman–Crippen LogP) is 5.56. The molecule has 0 aliphatic heterocycles. The Kier molecular flexibility index (Phi) is 8.30. The van der Waals surface area contributed by atoms with E-state index in [0.717, 1.165) is 25.7 Å². The highest BCUT2D eigenvalue weighted by Gasteiger charge is 1.99. The Labute approximate surface area is 151 Å². The molecule has 0 saturated carbocycles. The van der Waals surface area contributed by atoms with E-state index in [4.69, 9.17) is 11.8 Å². The number of hydrogen-bond acceptors (Lipinski definition) is 1. The van der Waals surface area contributed by atoms with E-state index in [1.165, 1.54) is 41.5 Å². The van der Waals surface area contributed by atoms with Crippen molar-refractivity contribution in [3.8, 4) is 6.07 Å². The second kappa shape index (κ2) is 11.1. The lowest BCUT2D eigenvalue weighted by atomic mass is 10.0. The monoisotopic (exact) mass is 330 g/mol. The van der Waals surface area contributed by atoms with Crippen LogP contribution < -0.4 is 0 Å². The number of nitriles is 1. The molecule has 25 heavy (non-hydrogen) atoms. The Morgan fingerprint density at radius 3 is 1.56 bits per heavy atom. The van der Waals surface area contributed by atoms with Crippen molar-refractivity contribution >= 4 is 0 Å². The van der Waals surface area contributed by atoms with Gasteiger partial charge in [0.05, 0.1) is 6.07 Å². The third-order valence-corrected chi connectivity index (χ3v) is 4.51. The van der Waals surface area contributed by atoms with Gasteiger partial charge in [0.2, 0.25) is 6.54 Å². The molecular weight excluding hydrogens is 304 g/mol. The lowest BCUT2D eigenvalue weighted by Crippen LogP contribution is -1.92. The van der Waals surface area contributed by atoms with E-state index in [9.17, 15) is 0 Å². The first kappa shape index (κ1) is 18.8. The topological polar surface area (TPSA) is 28.1 Å². The number of nitrogens with zero attached hydrogens (tertiary/aromatic N) is 2. The molecule has 0 fully saturated rings. The van der Waals surface area contributed by atoms with Crippen LogP contribution in [0.3, 0.4) is 0 Å². The number of aryl methyl sites for hydroxylation is 3. The van der Waals surface area contributed by atoms with Crippen molar-refractivity contribution in [2.45, 2.75) is 51.4 Å². The van der Waals surface area contributed by atoms with Crippen LogP contribution in [0.25, 0.3) is 4.85 Å². The molecule has 2 aromatic carbocycles. The van der Waals surface area contributed by atoms with Crippen LogP contribution in [0.1, 0.15) is 47.9 Å². The molecule has 0 saturated heterocycles. The van der Waals surface area contributed by atoms with Gasteiger partial charge in [-0.15, -0.1) is 0 Å². The largest absolute Gasteiger partial charge is 0.317 e. The van der Waals surface area contributed by atoms with Gasteiger partial charge < -0.3 is 4.85 Å². The molecule has 0 atom stereocenters. The molecule has 2 aromatic rings. The summed E-state index contributed by atoms with van der Waals surface area (Å²) < 4.78 is 0.